The molecule has 0 amide bonds. The summed E-state index contributed by atoms with van der Waals surface area (Å²) in [6.45, 7) is 0. The van der Waals surface area contributed by atoms with E-state index in [-0.39, 0.29) is 11.3 Å². The van der Waals surface area contributed by atoms with Gasteiger partial charge in [-0.2, -0.15) is 0 Å². The first-order valence-electron chi connectivity index (χ1n) is 4.47. The van der Waals surface area contributed by atoms with E-state index in [0.29, 0.717) is 11.1 Å². The summed E-state index contributed by atoms with van der Waals surface area (Å²) < 4.78 is 10.0. The summed E-state index contributed by atoms with van der Waals surface area (Å²) in [5.41, 5.74) is -0.178. The van der Waals surface area contributed by atoms with Gasteiger partial charge in [-0.15, -0.1) is 0 Å². The van der Waals surface area contributed by atoms with Crippen LogP contribution in [-0.4, -0.2) is 18.2 Å². The number of aromatic carboxylic acids is 1. The highest BCUT2D eigenvalue weighted by molar-refractivity contribution is 5.87. The van der Waals surface area contributed by atoms with E-state index in [9.17, 15) is 9.59 Å². The minimum Gasteiger partial charge on any atom is -0.497 e. The van der Waals surface area contributed by atoms with Crippen molar-refractivity contribution in [2.45, 2.75) is 0 Å². The number of rotatable bonds is 2. The second-order valence-electron chi connectivity index (χ2n) is 3.14. The first-order chi connectivity index (χ1) is 7.61. The second-order valence-corrected chi connectivity index (χ2v) is 3.14. The summed E-state index contributed by atoms with van der Waals surface area (Å²) in [4.78, 5) is 22.3. The molecule has 0 atom stereocenters. The molecule has 0 unspecified atom stereocenters. The molecule has 1 N–H and O–H groups in total. The maximum absolute atomic E-state index is 11.6. The van der Waals surface area contributed by atoms with Crippen molar-refractivity contribution in [1.29, 1.82) is 0 Å². The van der Waals surface area contributed by atoms with E-state index in [0.717, 1.165) is 6.07 Å². The van der Waals surface area contributed by atoms with Crippen molar-refractivity contribution < 1.29 is 19.1 Å². The lowest BCUT2D eigenvalue weighted by atomic mass is 10.2. The number of carbonyl (C=O) groups is 1. The lowest BCUT2D eigenvalue weighted by Crippen LogP contribution is -2.06. The van der Waals surface area contributed by atoms with Crippen LogP contribution in [0, 0.1) is 0 Å². The predicted molar refractivity (Wildman–Crippen MR) is 56.0 cm³/mol. The highest BCUT2D eigenvalue weighted by Crippen LogP contribution is 2.18. The minimum absolute atomic E-state index is 0.228. The van der Waals surface area contributed by atoms with E-state index < -0.39 is 11.4 Å². The maximum atomic E-state index is 11.6. The van der Waals surface area contributed by atoms with Crippen molar-refractivity contribution in [2.24, 2.45) is 0 Å². The standard InChI is InChI=1S/C11H8O5/c1-15-6-2-3-9-7(4-6)8(12)5-10(16-9)11(13)14/h2-5H,1H3,(H,13,14). The molecule has 2 aromatic rings. The minimum atomic E-state index is -1.27. The Kier molecular flexibility index (Phi) is 2.36. The van der Waals surface area contributed by atoms with Crippen molar-refractivity contribution in [3.63, 3.8) is 0 Å². The number of ether oxygens (including phenoxy) is 1. The molecular weight excluding hydrogens is 212 g/mol. The highest BCUT2D eigenvalue weighted by Gasteiger charge is 2.10. The Labute approximate surface area is 89.9 Å². The lowest BCUT2D eigenvalue weighted by Gasteiger charge is -2.01. The Bertz CT molecular complexity index is 611. The van der Waals surface area contributed by atoms with Gasteiger partial charge in [0.2, 0.25) is 5.76 Å². The summed E-state index contributed by atoms with van der Waals surface area (Å²) >= 11 is 0. The van der Waals surface area contributed by atoms with E-state index in [2.05, 4.69) is 0 Å². The third-order valence-electron chi connectivity index (χ3n) is 2.15. The first kappa shape index (κ1) is 10.2. The van der Waals surface area contributed by atoms with Gasteiger partial charge in [0.15, 0.2) is 5.43 Å². The van der Waals surface area contributed by atoms with Gasteiger partial charge in [0.1, 0.15) is 11.3 Å². The van der Waals surface area contributed by atoms with Crippen molar-refractivity contribution in [3.8, 4) is 5.75 Å². The van der Waals surface area contributed by atoms with E-state index >= 15 is 0 Å². The Morgan fingerprint density at radius 1 is 1.38 bits per heavy atom. The lowest BCUT2D eigenvalue weighted by molar-refractivity contribution is 0.0663. The van der Waals surface area contributed by atoms with Crippen LogP contribution in [0.5, 0.6) is 5.75 Å². The number of hydrogen-bond acceptors (Lipinski definition) is 4. The third-order valence-corrected chi connectivity index (χ3v) is 2.15. The van der Waals surface area contributed by atoms with Crippen LogP contribution in [0.4, 0.5) is 0 Å². The van der Waals surface area contributed by atoms with Gasteiger partial charge in [-0.25, -0.2) is 4.79 Å². The highest BCUT2D eigenvalue weighted by atomic mass is 16.5. The fourth-order valence-electron chi connectivity index (χ4n) is 1.37. The van der Waals surface area contributed by atoms with Gasteiger partial charge in [0.05, 0.1) is 12.5 Å². The second kappa shape index (κ2) is 3.69. The maximum Gasteiger partial charge on any atom is 0.371 e. The van der Waals surface area contributed by atoms with Crippen LogP contribution in [0.3, 0.4) is 0 Å². The normalized spacial score (nSPS) is 10.3. The number of fused-ring (bicyclic) bond motifs is 1. The molecule has 16 heavy (non-hydrogen) atoms. The van der Waals surface area contributed by atoms with Gasteiger partial charge in [-0.3, -0.25) is 4.79 Å². The van der Waals surface area contributed by atoms with Crippen LogP contribution in [0.2, 0.25) is 0 Å². The molecule has 0 saturated heterocycles. The molecular formula is C11H8O5. The molecule has 0 aliphatic heterocycles. The first-order valence-corrected chi connectivity index (χ1v) is 4.47. The van der Waals surface area contributed by atoms with Crippen LogP contribution in [0.15, 0.2) is 33.5 Å². The van der Waals surface area contributed by atoms with E-state index in [1.807, 2.05) is 0 Å². The molecule has 82 valence electrons. The van der Waals surface area contributed by atoms with E-state index in [4.69, 9.17) is 14.3 Å². The average Bonchev–Trinajstić information content (AvgIpc) is 2.28. The average molecular weight is 220 g/mol. The quantitative estimate of drug-likeness (QED) is 0.829. The van der Waals surface area contributed by atoms with Crippen molar-refractivity contribution >= 4 is 16.9 Å². The molecule has 1 aromatic carbocycles. The van der Waals surface area contributed by atoms with Crippen LogP contribution in [0.1, 0.15) is 10.6 Å². The molecule has 0 aliphatic carbocycles. The Morgan fingerprint density at radius 2 is 2.12 bits per heavy atom. The van der Waals surface area contributed by atoms with Crippen LogP contribution in [0.25, 0.3) is 11.0 Å². The van der Waals surface area contributed by atoms with Crippen LogP contribution >= 0.6 is 0 Å². The molecule has 5 nitrogen and oxygen atoms in total. The van der Waals surface area contributed by atoms with Gasteiger partial charge in [-0.1, -0.05) is 0 Å². The third kappa shape index (κ3) is 1.63. The summed E-state index contributed by atoms with van der Waals surface area (Å²) in [6, 6.07) is 5.55. The van der Waals surface area contributed by atoms with Gasteiger partial charge in [0.25, 0.3) is 0 Å². The topological polar surface area (TPSA) is 76.7 Å². The smallest absolute Gasteiger partial charge is 0.371 e. The Hall–Kier alpha value is -2.30. The number of methoxy groups -OCH3 is 1. The van der Waals surface area contributed by atoms with Gasteiger partial charge in [0, 0.05) is 6.07 Å². The monoisotopic (exact) mass is 220 g/mol. The zero-order valence-corrected chi connectivity index (χ0v) is 8.39. The molecule has 2 rings (SSSR count). The van der Waals surface area contributed by atoms with E-state index in [1.165, 1.54) is 19.2 Å². The zero-order chi connectivity index (χ0) is 11.7. The number of hydrogen-bond donors (Lipinski definition) is 1. The summed E-state index contributed by atoms with van der Waals surface area (Å²) in [7, 11) is 1.48. The molecule has 0 spiro atoms. The van der Waals surface area contributed by atoms with Crippen molar-refractivity contribution in [2.75, 3.05) is 7.11 Å². The zero-order valence-electron chi connectivity index (χ0n) is 8.39. The molecule has 0 aliphatic rings. The molecule has 0 bridgehead atoms. The van der Waals surface area contributed by atoms with E-state index in [1.54, 1.807) is 6.07 Å². The molecule has 5 heteroatoms. The number of carboxylic acids is 1. The molecule has 1 aromatic heterocycles. The van der Waals surface area contributed by atoms with Crippen molar-refractivity contribution in [3.05, 3.63) is 40.2 Å². The fraction of sp³-hybridized carbons (Fsp3) is 0.0909. The van der Waals surface area contributed by atoms with Gasteiger partial charge in [-0.05, 0) is 18.2 Å². The fourth-order valence-corrected chi connectivity index (χ4v) is 1.37. The largest absolute Gasteiger partial charge is 0.497 e. The molecule has 0 saturated carbocycles. The SMILES string of the molecule is COc1ccc2oc(C(=O)O)cc(=O)c2c1. The molecule has 1 heterocycles. The summed E-state index contributed by atoms with van der Waals surface area (Å²) in [5.74, 6) is -1.12. The Balaban J connectivity index is 2.76. The number of benzene rings is 1. The predicted octanol–water partition coefficient (Wildman–Crippen LogP) is 1.50. The summed E-state index contributed by atoms with van der Waals surface area (Å²) in [6.07, 6.45) is 0. The van der Waals surface area contributed by atoms with Crippen LogP contribution < -0.4 is 10.2 Å². The van der Waals surface area contributed by atoms with Crippen molar-refractivity contribution in [1.82, 2.24) is 0 Å². The molecule has 0 fully saturated rings. The van der Waals surface area contributed by atoms with Gasteiger partial charge >= 0.3 is 5.97 Å². The summed E-state index contributed by atoms with van der Waals surface area (Å²) in [5, 5.41) is 9.01. The van der Waals surface area contributed by atoms with Crippen LogP contribution in [-0.2, 0) is 0 Å². The Morgan fingerprint density at radius 3 is 2.75 bits per heavy atom. The molecule has 0 radical (unpaired) electrons. The van der Waals surface area contributed by atoms with Gasteiger partial charge < -0.3 is 14.3 Å². The number of carboxylic acid groups (broad SMARTS) is 1.